The van der Waals surface area contributed by atoms with Crippen molar-refractivity contribution in [2.75, 3.05) is 36.0 Å². The van der Waals surface area contributed by atoms with Gasteiger partial charge < -0.3 is 9.80 Å². The summed E-state index contributed by atoms with van der Waals surface area (Å²) in [6.07, 6.45) is -4.69. The van der Waals surface area contributed by atoms with E-state index < -0.39 is 27.3 Å². The number of halogens is 3. The van der Waals surface area contributed by atoms with Crippen LogP contribution in [0.3, 0.4) is 0 Å². The van der Waals surface area contributed by atoms with E-state index in [2.05, 4.69) is 14.9 Å². The standard InChI is InChI=1S/C17H13F3N6O5/c18-17(19,20)10-1-2-11(14(9-10)26(29)30)23-5-7-24(8-6-23)12-3-4-13(25(27)28)16-15(12)21-31-22-16/h1-4,9H,5-8H2. The summed E-state index contributed by atoms with van der Waals surface area (Å²) in [7, 11) is 0. The first-order valence-corrected chi connectivity index (χ1v) is 8.92. The fraction of sp³-hybridized carbons (Fsp3) is 0.294. The summed E-state index contributed by atoms with van der Waals surface area (Å²) in [6, 6.07) is 5.25. The van der Waals surface area contributed by atoms with Crippen LogP contribution in [0.25, 0.3) is 11.0 Å². The Labute approximate surface area is 170 Å². The number of nitro groups is 2. The van der Waals surface area contributed by atoms with Crippen molar-refractivity contribution in [3.05, 3.63) is 56.1 Å². The number of hydrogen-bond donors (Lipinski definition) is 0. The molecule has 0 N–H and O–H groups in total. The Morgan fingerprint density at radius 3 is 1.97 bits per heavy atom. The predicted molar refractivity (Wildman–Crippen MR) is 101 cm³/mol. The van der Waals surface area contributed by atoms with E-state index >= 15 is 0 Å². The van der Waals surface area contributed by atoms with E-state index in [0.29, 0.717) is 24.8 Å². The van der Waals surface area contributed by atoms with Crippen LogP contribution in [-0.4, -0.2) is 46.3 Å². The number of alkyl halides is 3. The Balaban J connectivity index is 1.58. The van der Waals surface area contributed by atoms with Gasteiger partial charge in [-0.05, 0) is 28.5 Å². The first-order valence-electron chi connectivity index (χ1n) is 8.92. The molecule has 0 saturated carbocycles. The van der Waals surface area contributed by atoms with Crippen molar-refractivity contribution >= 4 is 33.8 Å². The number of nitro benzene ring substituents is 2. The quantitative estimate of drug-likeness (QED) is 0.444. The SMILES string of the molecule is O=[N+]([O-])c1cc(C(F)(F)F)ccc1N1CCN(c2ccc([N+](=O)[O-])c3nonc23)CC1. The van der Waals surface area contributed by atoms with Gasteiger partial charge in [-0.1, -0.05) is 0 Å². The van der Waals surface area contributed by atoms with E-state index in [1.165, 1.54) is 12.1 Å². The topological polar surface area (TPSA) is 132 Å². The minimum Gasteiger partial charge on any atom is -0.366 e. The van der Waals surface area contributed by atoms with Crippen molar-refractivity contribution in [2.24, 2.45) is 0 Å². The number of aromatic nitrogens is 2. The van der Waals surface area contributed by atoms with E-state index in [0.717, 1.165) is 12.1 Å². The number of nitrogens with zero attached hydrogens (tertiary/aromatic N) is 6. The maximum absolute atomic E-state index is 12.9. The predicted octanol–water partition coefficient (Wildman–Crippen LogP) is 3.38. The largest absolute Gasteiger partial charge is 0.416 e. The maximum Gasteiger partial charge on any atom is 0.416 e. The van der Waals surface area contributed by atoms with Crippen LogP contribution in [0.1, 0.15) is 5.56 Å². The monoisotopic (exact) mass is 438 g/mol. The molecule has 1 aromatic heterocycles. The van der Waals surface area contributed by atoms with Gasteiger partial charge in [0, 0.05) is 38.3 Å². The highest BCUT2D eigenvalue weighted by molar-refractivity contribution is 5.94. The number of benzene rings is 2. The summed E-state index contributed by atoms with van der Waals surface area (Å²) in [4.78, 5) is 24.5. The average Bonchev–Trinajstić information content (AvgIpc) is 3.22. The van der Waals surface area contributed by atoms with Gasteiger partial charge in [-0.3, -0.25) is 20.2 Å². The molecular weight excluding hydrogens is 425 g/mol. The van der Waals surface area contributed by atoms with Gasteiger partial charge in [0.1, 0.15) is 5.69 Å². The van der Waals surface area contributed by atoms with Crippen molar-refractivity contribution < 1.29 is 27.6 Å². The molecule has 0 spiro atoms. The minimum atomic E-state index is -4.69. The Morgan fingerprint density at radius 1 is 0.839 bits per heavy atom. The summed E-state index contributed by atoms with van der Waals surface area (Å²) in [5.74, 6) is 0. The van der Waals surface area contributed by atoms with Gasteiger partial charge in [0.15, 0.2) is 5.52 Å². The van der Waals surface area contributed by atoms with Crippen LogP contribution in [-0.2, 0) is 6.18 Å². The number of hydrogen-bond acceptors (Lipinski definition) is 9. The van der Waals surface area contributed by atoms with Crippen LogP contribution in [0.15, 0.2) is 35.0 Å². The number of non-ortho nitro benzene ring substituents is 1. The Morgan fingerprint density at radius 2 is 1.39 bits per heavy atom. The highest BCUT2D eigenvalue weighted by Crippen LogP contribution is 2.37. The van der Waals surface area contributed by atoms with Crippen LogP contribution in [0.4, 0.5) is 35.9 Å². The molecule has 0 amide bonds. The zero-order valence-corrected chi connectivity index (χ0v) is 15.6. The van der Waals surface area contributed by atoms with Crippen LogP contribution in [0, 0.1) is 20.2 Å². The summed E-state index contributed by atoms with van der Waals surface area (Å²) >= 11 is 0. The summed E-state index contributed by atoms with van der Waals surface area (Å²) in [5, 5.41) is 29.8. The normalized spacial score (nSPS) is 14.8. The van der Waals surface area contributed by atoms with Crippen molar-refractivity contribution in [2.45, 2.75) is 6.18 Å². The van der Waals surface area contributed by atoms with E-state index in [4.69, 9.17) is 0 Å². The third-order valence-electron chi connectivity index (χ3n) is 5.03. The second-order valence-corrected chi connectivity index (χ2v) is 6.75. The second kappa shape index (κ2) is 7.37. The molecule has 1 saturated heterocycles. The number of anilines is 2. The first kappa shape index (κ1) is 20.3. The van der Waals surface area contributed by atoms with Crippen LogP contribution in [0.5, 0.6) is 0 Å². The van der Waals surface area contributed by atoms with Gasteiger partial charge in [-0.15, -0.1) is 0 Å². The number of rotatable bonds is 4. The molecule has 0 radical (unpaired) electrons. The highest BCUT2D eigenvalue weighted by atomic mass is 19.4. The molecule has 2 aromatic carbocycles. The number of fused-ring (bicyclic) bond motifs is 1. The van der Waals surface area contributed by atoms with Gasteiger partial charge in [0.05, 0.1) is 21.1 Å². The van der Waals surface area contributed by atoms with Gasteiger partial charge in [0.25, 0.3) is 5.69 Å². The van der Waals surface area contributed by atoms with Crippen LogP contribution < -0.4 is 9.80 Å². The Bertz CT molecular complexity index is 1170. The molecule has 0 bridgehead atoms. The molecule has 3 aromatic rings. The van der Waals surface area contributed by atoms with E-state index in [9.17, 15) is 33.4 Å². The molecule has 162 valence electrons. The zero-order chi connectivity index (χ0) is 22.3. The maximum atomic E-state index is 12.9. The lowest BCUT2D eigenvalue weighted by molar-refractivity contribution is -0.384. The molecule has 0 atom stereocenters. The summed E-state index contributed by atoms with van der Waals surface area (Å²) in [6.45, 7) is 1.24. The van der Waals surface area contributed by atoms with E-state index in [1.54, 1.807) is 4.90 Å². The van der Waals surface area contributed by atoms with Crippen LogP contribution >= 0.6 is 0 Å². The Hall–Kier alpha value is -3.97. The lowest BCUT2D eigenvalue weighted by Gasteiger charge is -2.37. The average molecular weight is 438 g/mol. The molecule has 1 aliphatic rings. The fourth-order valence-corrected chi connectivity index (χ4v) is 3.54. The highest BCUT2D eigenvalue weighted by Gasteiger charge is 2.34. The van der Waals surface area contributed by atoms with Gasteiger partial charge in [-0.2, -0.15) is 13.2 Å². The molecular formula is C17H13F3N6O5. The minimum absolute atomic E-state index is 0.00306. The van der Waals surface area contributed by atoms with Crippen molar-refractivity contribution in [1.82, 2.24) is 10.3 Å². The summed E-state index contributed by atoms with van der Waals surface area (Å²) < 4.78 is 43.4. The lowest BCUT2D eigenvalue weighted by atomic mass is 10.1. The molecule has 14 heteroatoms. The van der Waals surface area contributed by atoms with E-state index in [1.807, 2.05) is 4.90 Å². The van der Waals surface area contributed by atoms with Crippen LogP contribution in [0.2, 0.25) is 0 Å². The third-order valence-corrected chi connectivity index (χ3v) is 5.03. The smallest absolute Gasteiger partial charge is 0.366 e. The lowest BCUT2D eigenvalue weighted by Crippen LogP contribution is -2.46. The van der Waals surface area contributed by atoms with Gasteiger partial charge in [0.2, 0.25) is 5.52 Å². The van der Waals surface area contributed by atoms with Gasteiger partial charge >= 0.3 is 11.9 Å². The molecule has 0 aliphatic carbocycles. The zero-order valence-electron chi connectivity index (χ0n) is 15.6. The van der Waals surface area contributed by atoms with Crippen molar-refractivity contribution in [3.8, 4) is 0 Å². The summed E-state index contributed by atoms with van der Waals surface area (Å²) in [5.41, 5.74) is -1.11. The van der Waals surface area contributed by atoms with Crippen molar-refractivity contribution in [3.63, 3.8) is 0 Å². The third kappa shape index (κ3) is 3.67. The Kier molecular flexibility index (Phi) is 4.83. The molecule has 2 heterocycles. The molecule has 0 unspecified atom stereocenters. The van der Waals surface area contributed by atoms with Crippen molar-refractivity contribution in [1.29, 1.82) is 0 Å². The molecule has 4 rings (SSSR count). The van der Waals surface area contributed by atoms with E-state index in [-0.39, 0.29) is 35.5 Å². The van der Waals surface area contributed by atoms with Gasteiger partial charge in [-0.25, -0.2) is 4.63 Å². The number of piperazine rings is 1. The second-order valence-electron chi connectivity index (χ2n) is 6.75. The molecule has 11 nitrogen and oxygen atoms in total. The molecule has 1 aliphatic heterocycles. The first-order chi connectivity index (χ1) is 14.7. The fourth-order valence-electron chi connectivity index (χ4n) is 3.54. The molecule has 1 fully saturated rings. The molecule has 31 heavy (non-hydrogen) atoms.